The minimum Gasteiger partial charge on any atom is -0.481 e. The van der Waals surface area contributed by atoms with Crippen LogP contribution in [0.2, 0.25) is 0 Å². The van der Waals surface area contributed by atoms with Gasteiger partial charge in [0, 0.05) is 13.0 Å². The Hall–Kier alpha value is -0.650. The summed E-state index contributed by atoms with van der Waals surface area (Å²) in [7, 11) is 0. The predicted molar refractivity (Wildman–Crippen MR) is 35.7 cm³/mol. The molecule has 0 aliphatic carbocycles. The Balaban J connectivity index is 2.52. The lowest BCUT2D eigenvalue weighted by Gasteiger charge is -2.21. The Kier molecular flexibility index (Phi) is 2.43. The number of hydrogen-bond acceptors (Lipinski definition) is 4. The Morgan fingerprint density at radius 2 is 2.55 bits per heavy atom. The first-order chi connectivity index (χ1) is 5.18. The first-order valence-electron chi connectivity index (χ1n) is 3.36. The molecule has 11 heavy (non-hydrogen) atoms. The number of hydrogen-bond donors (Lipinski definition) is 2. The number of ether oxygens (including phenoxy) is 1. The fraction of sp³-hybridized carbons (Fsp3) is 0.833. The van der Waals surface area contributed by atoms with Crippen LogP contribution in [0.1, 0.15) is 12.8 Å². The van der Waals surface area contributed by atoms with Gasteiger partial charge in [-0.1, -0.05) is 0 Å². The quantitative estimate of drug-likeness (QED) is 0.546. The highest BCUT2D eigenvalue weighted by atomic mass is 16.7. The van der Waals surface area contributed by atoms with E-state index >= 15 is 0 Å². The highest BCUT2D eigenvalue weighted by molar-refractivity contribution is 5.68. The van der Waals surface area contributed by atoms with Crippen LogP contribution in [0.4, 0.5) is 0 Å². The third-order valence-electron chi connectivity index (χ3n) is 1.79. The van der Waals surface area contributed by atoms with E-state index in [0.717, 1.165) is 0 Å². The van der Waals surface area contributed by atoms with E-state index in [0.29, 0.717) is 13.0 Å². The van der Waals surface area contributed by atoms with Crippen LogP contribution in [-0.2, 0) is 14.4 Å². The zero-order chi connectivity index (χ0) is 8.32. The molecule has 0 aromatic heterocycles. The molecule has 0 saturated carbocycles. The fourth-order valence-corrected chi connectivity index (χ4v) is 1.14. The molecule has 3 N–H and O–H groups in total. The summed E-state index contributed by atoms with van der Waals surface area (Å²) in [6.07, 6.45) is 0.458. The number of carboxylic acid groups (broad SMARTS) is 1. The molecule has 1 rings (SSSR count). The minimum atomic E-state index is -0.916. The molecule has 0 aromatic carbocycles. The van der Waals surface area contributed by atoms with Crippen LogP contribution in [0, 0.1) is 0 Å². The molecule has 5 nitrogen and oxygen atoms in total. The molecule has 64 valence electrons. The summed E-state index contributed by atoms with van der Waals surface area (Å²) in [4.78, 5) is 14.9. The van der Waals surface area contributed by atoms with Gasteiger partial charge in [0.15, 0.2) is 0 Å². The molecule has 1 aliphatic heterocycles. The molecule has 5 heteroatoms. The molecule has 1 atom stereocenters. The molecule has 0 aromatic rings. The number of nitrogens with two attached hydrogens (primary N) is 1. The monoisotopic (exact) mass is 161 g/mol. The van der Waals surface area contributed by atoms with Crippen molar-refractivity contribution in [3.63, 3.8) is 0 Å². The smallest absolute Gasteiger partial charge is 0.306 e. The molecule has 1 fully saturated rings. The standard InChI is InChI=1S/C6H11NO4/c7-11-6(3-5(8)9)1-2-10-4-6/h1-4,7H2,(H,8,9). The van der Waals surface area contributed by atoms with E-state index in [4.69, 9.17) is 15.7 Å². The van der Waals surface area contributed by atoms with Crippen LogP contribution < -0.4 is 5.90 Å². The summed E-state index contributed by atoms with van der Waals surface area (Å²) in [5, 5.41) is 8.48. The van der Waals surface area contributed by atoms with E-state index in [1.807, 2.05) is 0 Å². The van der Waals surface area contributed by atoms with Crippen molar-refractivity contribution in [2.45, 2.75) is 18.4 Å². The summed E-state index contributed by atoms with van der Waals surface area (Å²) in [5.41, 5.74) is -0.786. The number of aliphatic carboxylic acids is 1. The third-order valence-corrected chi connectivity index (χ3v) is 1.79. The van der Waals surface area contributed by atoms with Gasteiger partial charge in [-0.3, -0.25) is 9.63 Å². The van der Waals surface area contributed by atoms with Crippen LogP contribution in [0.3, 0.4) is 0 Å². The third kappa shape index (κ3) is 1.89. The van der Waals surface area contributed by atoms with Crippen molar-refractivity contribution in [3.8, 4) is 0 Å². The molecule has 0 spiro atoms. The Morgan fingerprint density at radius 3 is 2.91 bits per heavy atom. The molecule has 0 amide bonds. The molecule has 1 saturated heterocycles. The predicted octanol–water partition coefficient (Wildman–Crippen LogP) is -0.490. The first-order valence-corrected chi connectivity index (χ1v) is 3.36. The van der Waals surface area contributed by atoms with Crippen LogP contribution in [0.15, 0.2) is 0 Å². The highest BCUT2D eigenvalue weighted by Crippen LogP contribution is 2.24. The molecule has 1 unspecified atom stereocenters. The SMILES string of the molecule is NOC1(CC(=O)O)CCOC1. The van der Waals surface area contributed by atoms with Gasteiger partial charge >= 0.3 is 5.97 Å². The van der Waals surface area contributed by atoms with E-state index in [1.165, 1.54) is 0 Å². The van der Waals surface area contributed by atoms with Crippen molar-refractivity contribution < 1.29 is 19.5 Å². The topological polar surface area (TPSA) is 81.8 Å². The second-order valence-electron chi connectivity index (χ2n) is 2.67. The van der Waals surface area contributed by atoms with Gasteiger partial charge < -0.3 is 9.84 Å². The highest BCUT2D eigenvalue weighted by Gasteiger charge is 2.38. The van der Waals surface area contributed by atoms with Gasteiger partial charge in [0.25, 0.3) is 0 Å². The van der Waals surface area contributed by atoms with Gasteiger partial charge in [0.2, 0.25) is 0 Å². The summed E-state index contributed by atoms with van der Waals surface area (Å²) in [5.74, 6) is 4.06. The number of carbonyl (C=O) groups is 1. The van der Waals surface area contributed by atoms with E-state index in [2.05, 4.69) is 4.84 Å². The van der Waals surface area contributed by atoms with Crippen LogP contribution in [0.25, 0.3) is 0 Å². The zero-order valence-electron chi connectivity index (χ0n) is 6.08. The van der Waals surface area contributed by atoms with E-state index in [9.17, 15) is 4.79 Å². The Labute approximate surface area is 64.0 Å². The number of rotatable bonds is 3. The average Bonchev–Trinajstić information content (AvgIpc) is 2.36. The van der Waals surface area contributed by atoms with Crippen molar-refractivity contribution >= 4 is 5.97 Å². The van der Waals surface area contributed by atoms with Gasteiger partial charge in [-0.15, -0.1) is 0 Å². The first kappa shape index (κ1) is 8.45. The van der Waals surface area contributed by atoms with Crippen molar-refractivity contribution in [3.05, 3.63) is 0 Å². The molecule has 1 heterocycles. The van der Waals surface area contributed by atoms with E-state index < -0.39 is 11.6 Å². The average molecular weight is 161 g/mol. The molecule has 0 bridgehead atoms. The fourth-order valence-electron chi connectivity index (χ4n) is 1.14. The van der Waals surface area contributed by atoms with Crippen molar-refractivity contribution in [1.29, 1.82) is 0 Å². The lowest BCUT2D eigenvalue weighted by Crippen LogP contribution is -2.38. The maximum absolute atomic E-state index is 10.3. The zero-order valence-corrected chi connectivity index (χ0v) is 6.08. The summed E-state index contributed by atoms with van der Waals surface area (Å²) in [6.45, 7) is 0.792. The largest absolute Gasteiger partial charge is 0.481 e. The minimum absolute atomic E-state index is 0.0938. The van der Waals surface area contributed by atoms with Crippen LogP contribution >= 0.6 is 0 Å². The summed E-state index contributed by atoms with van der Waals surface area (Å²) in [6, 6.07) is 0. The van der Waals surface area contributed by atoms with Crippen molar-refractivity contribution in [1.82, 2.24) is 0 Å². The van der Waals surface area contributed by atoms with Crippen LogP contribution in [0.5, 0.6) is 0 Å². The van der Waals surface area contributed by atoms with Gasteiger partial charge in [0.05, 0.1) is 13.0 Å². The second kappa shape index (κ2) is 3.17. The number of carboxylic acids is 1. The molecular formula is C6H11NO4. The molecule has 0 radical (unpaired) electrons. The van der Waals surface area contributed by atoms with E-state index in [1.54, 1.807) is 0 Å². The van der Waals surface area contributed by atoms with Crippen molar-refractivity contribution in [2.24, 2.45) is 5.90 Å². The maximum atomic E-state index is 10.3. The summed E-state index contributed by atoms with van der Waals surface area (Å²) >= 11 is 0. The maximum Gasteiger partial charge on any atom is 0.306 e. The molecular weight excluding hydrogens is 150 g/mol. The van der Waals surface area contributed by atoms with Gasteiger partial charge in [-0.2, -0.15) is 0 Å². The second-order valence-corrected chi connectivity index (χ2v) is 2.67. The molecule has 1 aliphatic rings. The Bertz CT molecular complexity index is 153. The lowest BCUT2D eigenvalue weighted by molar-refractivity contribution is -0.146. The van der Waals surface area contributed by atoms with Crippen LogP contribution in [-0.4, -0.2) is 29.9 Å². The van der Waals surface area contributed by atoms with Gasteiger partial charge in [-0.05, 0) is 0 Å². The normalized spacial score (nSPS) is 30.6. The summed E-state index contributed by atoms with van der Waals surface area (Å²) < 4.78 is 4.98. The Morgan fingerprint density at radius 1 is 1.82 bits per heavy atom. The lowest BCUT2D eigenvalue weighted by atomic mass is 9.99. The van der Waals surface area contributed by atoms with Gasteiger partial charge in [-0.25, -0.2) is 5.90 Å². The van der Waals surface area contributed by atoms with Crippen molar-refractivity contribution in [2.75, 3.05) is 13.2 Å². The van der Waals surface area contributed by atoms with E-state index in [-0.39, 0.29) is 13.0 Å². The van der Waals surface area contributed by atoms with Gasteiger partial charge in [0.1, 0.15) is 5.60 Å².